The molecule has 1 saturated carbocycles. The van der Waals surface area contributed by atoms with Gasteiger partial charge in [-0.1, -0.05) is 11.6 Å². The number of aryl methyl sites for hydroxylation is 1. The Hall–Kier alpha value is -3.28. The van der Waals surface area contributed by atoms with Gasteiger partial charge in [-0.05, 0) is 37.0 Å². The molecule has 1 unspecified atom stereocenters. The van der Waals surface area contributed by atoms with Crippen LogP contribution in [0.3, 0.4) is 0 Å². The van der Waals surface area contributed by atoms with Crippen LogP contribution in [0.25, 0.3) is 10.9 Å². The Balaban J connectivity index is 1.36. The Morgan fingerprint density at radius 3 is 2.73 bits per heavy atom. The van der Waals surface area contributed by atoms with Crippen molar-refractivity contribution in [3.63, 3.8) is 0 Å². The van der Waals surface area contributed by atoms with E-state index in [-0.39, 0.29) is 47.2 Å². The average molecular weight is 539 g/mol. The minimum absolute atomic E-state index is 0.146. The quantitative estimate of drug-likeness (QED) is 0.458. The fourth-order valence-electron chi connectivity index (χ4n) is 4.86. The number of aromatic nitrogens is 3. The van der Waals surface area contributed by atoms with Crippen LogP contribution in [0, 0.1) is 11.8 Å². The minimum atomic E-state index is -3.14. The molecule has 8 nitrogen and oxygen atoms in total. The Bertz CT molecular complexity index is 1440. The summed E-state index contributed by atoms with van der Waals surface area (Å²) in [5.41, 5.74) is 0.764. The Kier molecular flexibility index (Phi) is 5.62. The lowest BCUT2D eigenvalue weighted by Gasteiger charge is -2.38. The van der Waals surface area contributed by atoms with Crippen LogP contribution in [-0.4, -0.2) is 52.6 Å². The molecule has 4 heterocycles. The molecule has 1 atom stereocenters. The second kappa shape index (κ2) is 8.64. The van der Waals surface area contributed by atoms with Crippen molar-refractivity contribution < 1.29 is 22.3 Å². The number of pyridine rings is 1. The maximum atomic E-state index is 14.9. The summed E-state index contributed by atoms with van der Waals surface area (Å²) in [5.74, 6) is -3.68. The number of ether oxygens (including phenoxy) is 1. The second-order valence-electron chi connectivity index (χ2n) is 9.80. The molecule has 3 aliphatic rings. The van der Waals surface area contributed by atoms with E-state index in [0.29, 0.717) is 29.4 Å². The van der Waals surface area contributed by atoms with Crippen molar-refractivity contribution in [1.82, 2.24) is 14.5 Å². The van der Waals surface area contributed by atoms with Gasteiger partial charge in [-0.25, -0.2) is 22.5 Å². The first-order chi connectivity index (χ1) is 17.6. The molecule has 1 aliphatic carbocycles. The van der Waals surface area contributed by atoms with Crippen molar-refractivity contribution in [2.45, 2.75) is 31.2 Å². The number of nitrogens with one attached hydrogen (secondary N) is 2. The number of hydrogen-bond donors (Lipinski definition) is 2. The van der Waals surface area contributed by atoms with Crippen molar-refractivity contribution in [3.8, 4) is 5.75 Å². The van der Waals surface area contributed by atoms with Gasteiger partial charge in [0.2, 0.25) is 18.1 Å². The summed E-state index contributed by atoms with van der Waals surface area (Å²) >= 11 is 6.30. The van der Waals surface area contributed by atoms with Gasteiger partial charge in [0.15, 0.2) is 12.4 Å². The van der Waals surface area contributed by atoms with Crippen molar-refractivity contribution in [3.05, 3.63) is 39.8 Å². The average Bonchev–Trinajstić information content (AvgIpc) is 3.66. The lowest BCUT2D eigenvalue weighted by Crippen LogP contribution is -2.50. The minimum Gasteiger partial charge on any atom is -0.480 e. The van der Waals surface area contributed by atoms with Crippen LogP contribution in [-0.2, 0) is 7.05 Å². The van der Waals surface area contributed by atoms with Crippen molar-refractivity contribution >= 4 is 45.6 Å². The summed E-state index contributed by atoms with van der Waals surface area (Å²) in [7, 11) is 1.55. The molecule has 0 bridgehead atoms. The van der Waals surface area contributed by atoms with E-state index in [9.17, 15) is 22.4 Å². The zero-order valence-electron chi connectivity index (χ0n) is 19.6. The first kappa shape index (κ1) is 24.1. The molecule has 3 aromatic rings. The fourth-order valence-corrected chi connectivity index (χ4v) is 4.99. The van der Waals surface area contributed by atoms with Gasteiger partial charge in [0.05, 0.1) is 29.4 Å². The predicted octanol–water partition coefficient (Wildman–Crippen LogP) is 4.65. The van der Waals surface area contributed by atoms with Crippen molar-refractivity contribution in [2.24, 2.45) is 18.9 Å². The first-order valence-electron chi connectivity index (χ1n) is 11.9. The van der Waals surface area contributed by atoms with Crippen LogP contribution in [0.2, 0.25) is 5.02 Å². The van der Waals surface area contributed by atoms with Gasteiger partial charge in [0.25, 0.3) is 5.56 Å². The third-order valence-electron chi connectivity index (χ3n) is 7.15. The zero-order chi connectivity index (χ0) is 26.1. The molecule has 196 valence electrons. The first-order valence-corrected chi connectivity index (χ1v) is 12.3. The van der Waals surface area contributed by atoms with Crippen LogP contribution < -0.4 is 25.8 Å². The molecule has 2 aromatic heterocycles. The highest BCUT2D eigenvalue weighted by Gasteiger charge is 2.51. The van der Waals surface area contributed by atoms with Crippen LogP contribution in [0.5, 0.6) is 5.75 Å². The van der Waals surface area contributed by atoms with Gasteiger partial charge in [-0.3, -0.25) is 4.79 Å². The number of hydrogen-bond acceptors (Lipinski definition) is 7. The number of halogens is 5. The summed E-state index contributed by atoms with van der Waals surface area (Å²) in [6.45, 7) is -0.588. The smallest absolute Gasteiger partial charge is 0.301 e. The second-order valence-corrected chi connectivity index (χ2v) is 10.2. The maximum absolute atomic E-state index is 14.9. The lowest BCUT2D eigenvalue weighted by atomic mass is 10.0. The molecule has 0 radical (unpaired) electrons. The predicted molar refractivity (Wildman–Crippen MR) is 132 cm³/mol. The van der Waals surface area contributed by atoms with Crippen LogP contribution >= 0.6 is 11.6 Å². The molecule has 37 heavy (non-hydrogen) atoms. The number of anilines is 4. The summed E-state index contributed by atoms with van der Waals surface area (Å²) in [5, 5.41) is 6.77. The zero-order valence-corrected chi connectivity index (χ0v) is 20.4. The molecule has 6 rings (SSSR count). The molecule has 2 aliphatic heterocycles. The third-order valence-corrected chi connectivity index (χ3v) is 7.43. The summed E-state index contributed by atoms with van der Waals surface area (Å²) < 4.78 is 62.2. The number of nitrogens with zero attached hydrogens (tertiary/aromatic N) is 4. The molecule has 0 amide bonds. The van der Waals surface area contributed by atoms with Crippen molar-refractivity contribution in [1.29, 1.82) is 0 Å². The van der Waals surface area contributed by atoms with Crippen LogP contribution in [0.15, 0.2) is 29.2 Å². The Morgan fingerprint density at radius 1 is 1.27 bits per heavy atom. The summed E-state index contributed by atoms with van der Waals surface area (Å²) in [6.07, 6.45) is 0.349. The molecule has 2 fully saturated rings. The van der Waals surface area contributed by atoms with Crippen molar-refractivity contribution in [2.75, 3.05) is 35.2 Å². The lowest BCUT2D eigenvalue weighted by molar-refractivity contribution is -0.0579. The standard InChI is InChI=1S/C24H23ClF4N6O2/c1-34-16-5-4-13(31-21-15(25)7-30-23(33-21)35-8-12(9-35)20(26)27)6-14(16)17-18(22(34)36)37-10-24(28,29)19(32-17)11-2-3-11/h4-7,11-12,19-20,32H,2-3,8-10H2,1H3,(H,30,31,33). The van der Waals surface area contributed by atoms with E-state index in [0.717, 1.165) is 0 Å². The van der Waals surface area contributed by atoms with E-state index in [1.807, 2.05) is 0 Å². The molecule has 1 aromatic carbocycles. The molecular weight excluding hydrogens is 516 g/mol. The molecule has 1 saturated heterocycles. The van der Waals surface area contributed by atoms with E-state index in [2.05, 4.69) is 20.6 Å². The number of benzene rings is 1. The van der Waals surface area contributed by atoms with Crippen LogP contribution in [0.4, 0.5) is 40.7 Å². The number of fused-ring (bicyclic) bond motifs is 3. The highest BCUT2D eigenvalue weighted by atomic mass is 35.5. The normalized spacial score (nSPS) is 21.2. The molecule has 2 N–H and O–H groups in total. The fraction of sp³-hybridized carbons (Fsp3) is 0.458. The monoisotopic (exact) mass is 538 g/mol. The Morgan fingerprint density at radius 2 is 2.03 bits per heavy atom. The summed E-state index contributed by atoms with van der Waals surface area (Å²) in [4.78, 5) is 23.1. The van der Waals surface area contributed by atoms with Gasteiger partial charge >= 0.3 is 5.92 Å². The SMILES string of the molecule is Cn1c(=O)c2c(c3cc(Nc4nc(N5CC(C(F)F)C5)ncc4Cl)ccc31)NC(C1CC1)C(F)(F)CO2. The van der Waals surface area contributed by atoms with Gasteiger partial charge in [0.1, 0.15) is 5.02 Å². The molecule has 0 spiro atoms. The van der Waals surface area contributed by atoms with E-state index in [1.54, 1.807) is 30.1 Å². The summed E-state index contributed by atoms with van der Waals surface area (Å²) in [6, 6.07) is 3.95. The molecule has 13 heteroatoms. The van der Waals surface area contributed by atoms with E-state index < -0.39 is 36.5 Å². The van der Waals surface area contributed by atoms with Gasteiger partial charge in [-0.15, -0.1) is 0 Å². The molecular formula is C24H23ClF4N6O2. The number of alkyl halides is 4. The topological polar surface area (TPSA) is 84.3 Å². The van der Waals surface area contributed by atoms with Crippen LogP contribution in [0.1, 0.15) is 12.8 Å². The van der Waals surface area contributed by atoms with Gasteiger partial charge in [0, 0.05) is 31.2 Å². The Labute approximate surface area is 213 Å². The van der Waals surface area contributed by atoms with E-state index >= 15 is 0 Å². The third kappa shape index (κ3) is 4.20. The highest BCUT2D eigenvalue weighted by molar-refractivity contribution is 6.33. The largest absolute Gasteiger partial charge is 0.480 e. The van der Waals surface area contributed by atoms with Gasteiger partial charge in [-0.2, -0.15) is 4.98 Å². The van der Waals surface area contributed by atoms with E-state index in [4.69, 9.17) is 16.3 Å². The maximum Gasteiger partial charge on any atom is 0.301 e. The highest BCUT2D eigenvalue weighted by Crippen LogP contribution is 2.45. The van der Waals surface area contributed by atoms with E-state index in [1.165, 1.54) is 10.8 Å². The number of rotatable bonds is 5. The van der Waals surface area contributed by atoms with Gasteiger partial charge < -0.3 is 24.8 Å².